The number of anilines is 2. The van der Waals surface area contributed by atoms with Gasteiger partial charge in [-0.3, -0.25) is 4.79 Å². The van der Waals surface area contributed by atoms with E-state index in [-0.39, 0.29) is 11.0 Å². The molecule has 0 spiro atoms. The number of quaternary nitrogens is 1. The second kappa shape index (κ2) is 12.1. The lowest BCUT2D eigenvalue weighted by atomic mass is 10.0. The lowest BCUT2D eigenvalue weighted by molar-refractivity contribution is -0.838. The topological polar surface area (TPSA) is 103 Å². The monoisotopic (exact) mass is 557 g/mol. The minimum Gasteiger partial charge on any atom is -0.627 e. The van der Waals surface area contributed by atoms with Crippen molar-refractivity contribution in [3.05, 3.63) is 86.2 Å². The molecule has 2 heterocycles. The van der Waals surface area contributed by atoms with Crippen molar-refractivity contribution in [1.29, 1.82) is 0 Å². The molecule has 1 aromatic heterocycles. The first kappa shape index (κ1) is 27.8. The first-order valence-corrected chi connectivity index (χ1v) is 12.6. The van der Waals surface area contributed by atoms with Crippen LogP contribution in [0.2, 0.25) is 10.0 Å². The standard InChI is InChI=1S/C27H29Cl2N5O4/c1-33(2)12-11-30-24-10-6-16-14-22(34(36)27(38-4)25(16)32-24)19-15-18(7-8-20(19)28)31-26(35)17-5-9-23(37-3)21(29)13-17/h5-10,13-15,27,34H,11-12H2,1-4H3,(H,30,32)(H,31,35). The number of pyridine rings is 1. The number of hydrogen-bond acceptors (Lipinski definition) is 7. The first-order valence-electron chi connectivity index (χ1n) is 11.8. The third kappa shape index (κ3) is 6.10. The molecule has 3 N–H and O–H groups in total. The van der Waals surface area contributed by atoms with E-state index in [9.17, 15) is 10.0 Å². The van der Waals surface area contributed by atoms with Crippen molar-refractivity contribution in [3.8, 4) is 5.75 Å². The van der Waals surface area contributed by atoms with E-state index in [1.807, 2.05) is 26.2 Å². The molecule has 1 aliphatic heterocycles. The zero-order chi connectivity index (χ0) is 27.4. The Hall–Kier alpha value is -3.18. The Balaban J connectivity index is 1.62. The predicted molar refractivity (Wildman–Crippen MR) is 151 cm³/mol. The van der Waals surface area contributed by atoms with Crippen LogP contribution in [0.15, 0.2) is 48.5 Å². The summed E-state index contributed by atoms with van der Waals surface area (Å²) in [5, 5.41) is 20.0. The molecule has 1 amide bonds. The zero-order valence-electron chi connectivity index (χ0n) is 21.5. The van der Waals surface area contributed by atoms with Gasteiger partial charge in [0.1, 0.15) is 23.0 Å². The summed E-state index contributed by atoms with van der Waals surface area (Å²) in [6, 6.07) is 13.5. The van der Waals surface area contributed by atoms with Crippen LogP contribution < -0.4 is 20.4 Å². The molecule has 1 aliphatic rings. The number of likely N-dealkylation sites (N-methyl/N-ethyl adjacent to an activating group) is 1. The average molecular weight is 558 g/mol. The highest BCUT2D eigenvalue weighted by atomic mass is 35.5. The molecular weight excluding hydrogens is 529 g/mol. The van der Waals surface area contributed by atoms with E-state index in [1.54, 1.807) is 36.4 Å². The summed E-state index contributed by atoms with van der Waals surface area (Å²) in [5.74, 6) is 0.766. The molecule has 3 aromatic rings. The largest absolute Gasteiger partial charge is 0.627 e. The van der Waals surface area contributed by atoms with Gasteiger partial charge in [-0.2, -0.15) is 0 Å². The smallest absolute Gasteiger partial charge is 0.255 e. The van der Waals surface area contributed by atoms with Gasteiger partial charge in [-0.05, 0) is 62.6 Å². The molecule has 0 radical (unpaired) electrons. The van der Waals surface area contributed by atoms with Gasteiger partial charge < -0.3 is 35.3 Å². The number of nitrogens with zero attached hydrogens (tertiary/aromatic N) is 2. The molecule has 38 heavy (non-hydrogen) atoms. The summed E-state index contributed by atoms with van der Waals surface area (Å²) in [6.07, 6.45) is 0.858. The number of hydroxylamine groups is 2. The van der Waals surface area contributed by atoms with Crippen LogP contribution in [-0.2, 0) is 4.74 Å². The third-order valence-electron chi connectivity index (χ3n) is 6.04. The van der Waals surface area contributed by atoms with E-state index < -0.39 is 6.23 Å². The van der Waals surface area contributed by atoms with Gasteiger partial charge >= 0.3 is 0 Å². The van der Waals surface area contributed by atoms with Gasteiger partial charge in [0.05, 0.1) is 22.7 Å². The number of benzene rings is 2. The number of methoxy groups -OCH3 is 2. The number of ether oxygens (including phenoxy) is 2. The van der Waals surface area contributed by atoms with Crippen LogP contribution in [0.4, 0.5) is 11.5 Å². The van der Waals surface area contributed by atoms with E-state index in [1.165, 1.54) is 20.3 Å². The Bertz CT molecular complexity index is 1370. The number of nitrogens with one attached hydrogen (secondary N) is 3. The van der Waals surface area contributed by atoms with Gasteiger partial charge in [0.2, 0.25) is 6.23 Å². The van der Waals surface area contributed by atoms with Crippen molar-refractivity contribution in [1.82, 2.24) is 9.88 Å². The third-order valence-corrected chi connectivity index (χ3v) is 6.66. The number of hydrogen-bond donors (Lipinski definition) is 3. The molecule has 0 aliphatic carbocycles. The number of fused-ring (bicyclic) bond motifs is 1. The van der Waals surface area contributed by atoms with Gasteiger partial charge in [-0.1, -0.05) is 23.2 Å². The van der Waals surface area contributed by atoms with E-state index in [0.29, 0.717) is 56.4 Å². The second-order valence-electron chi connectivity index (χ2n) is 8.94. The summed E-state index contributed by atoms with van der Waals surface area (Å²) in [5.41, 5.74) is 2.95. The quantitative estimate of drug-likeness (QED) is 0.339. The van der Waals surface area contributed by atoms with Crippen molar-refractivity contribution < 1.29 is 19.3 Å². The summed E-state index contributed by atoms with van der Waals surface area (Å²) < 4.78 is 10.7. The van der Waals surface area contributed by atoms with E-state index >= 15 is 0 Å². The average Bonchev–Trinajstić information content (AvgIpc) is 2.89. The van der Waals surface area contributed by atoms with E-state index in [4.69, 9.17) is 32.7 Å². The van der Waals surface area contributed by atoms with Gasteiger partial charge in [0, 0.05) is 43.1 Å². The van der Waals surface area contributed by atoms with Crippen molar-refractivity contribution in [3.63, 3.8) is 0 Å². The predicted octanol–water partition coefficient (Wildman–Crippen LogP) is 4.16. The number of halogens is 2. The molecule has 0 bridgehead atoms. The summed E-state index contributed by atoms with van der Waals surface area (Å²) >= 11 is 12.7. The maximum atomic E-state index is 13.5. The molecular formula is C27H29Cl2N5O4. The minimum absolute atomic E-state index is 0.273. The van der Waals surface area contributed by atoms with Gasteiger partial charge in [0.15, 0.2) is 0 Å². The van der Waals surface area contributed by atoms with Crippen LogP contribution in [0, 0.1) is 5.21 Å². The molecule has 11 heteroatoms. The number of carbonyl (C=O) groups is 1. The number of rotatable bonds is 9. The van der Waals surface area contributed by atoms with Gasteiger partial charge in [-0.15, -0.1) is 0 Å². The van der Waals surface area contributed by atoms with Crippen LogP contribution in [0.1, 0.15) is 33.4 Å². The number of aromatic nitrogens is 1. The fraction of sp³-hybridized carbons (Fsp3) is 0.259. The number of carbonyl (C=O) groups excluding carboxylic acids is 1. The van der Waals surface area contributed by atoms with Crippen molar-refractivity contribution in [2.45, 2.75) is 6.23 Å². The highest BCUT2D eigenvalue weighted by molar-refractivity contribution is 6.33. The fourth-order valence-electron chi connectivity index (χ4n) is 4.07. The van der Waals surface area contributed by atoms with E-state index in [2.05, 4.69) is 20.5 Å². The highest BCUT2D eigenvalue weighted by Crippen LogP contribution is 2.32. The SMILES string of the molecule is COc1ccc(C(=O)Nc2ccc(Cl)c(C3=Cc4ccc(NCCN(C)C)nc4C(OC)[NH+]3[O-])c2)cc1Cl. The highest BCUT2D eigenvalue weighted by Gasteiger charge is 2.32. The lowest BCUT2D eigenvalue weighted by Gasteiger charge is -2.35. The molecule has 0 saturated carbocycles. The normalized spacial score (nSPS) is 16.6. The molecule has 9 nitrogen and oxygen atoms in total. The van der Waals surface area contributed by atoms with Crippen LogP contribution >= 0.6 is 23.2 Å². The van der Waals surface area contributed by atoms with Gasteiger partial charge in [-0.25, -0.2) is 4.98 Å². The van der Waals surface area contributed by atoms with Crippen LogP contribution in [0.25, 0.3) is 11.8 Å². The fourth-order valence-corrected chi connectivity index (χ4v) is 4.54. The zero-order valence-corrected chi connectivity index (χ0v) is 23.0. The molecule has 0 saturated heterocycles. The van der Waals surface area contributed by atoms with Crippen LogP contribution in [-0.4, -0.2) is 57.2 Å². The minimum atomic E-state index is -0.892. The van der Waals surface area contributed by atoms with E-state index in [0.717, 1.165) is 12.1 Å². The van der Waals surface area contributed by atoms with Gasteiger partial charge in [0.25, 0.3) is 5.91 Å². The Kier molecular flexibility index (Phi) is 8.88. The molecule has 2 unspecified atom stereocenters. The van der Waals surface area contributed by atoms with Crippen molar-refractivity contribution >= 4 is 52.4 Å². The molecule has 4 rings (SSSR count). The number of amides is 1. The summed E-state index contributed by atoms with van der Waals surface area (Å²) in [7, 11) is 6.96. The maximum absolute atomic E-state index is 13.5. The van der Waals surface area contributed by atoms with Crippen LogP contribution in [0.5, 0.6) is 5.75 Å². The summed E-state index contributed by atoms with van der Waals surface area (Å²) in [6.45, 7) is 1.55. The Morgan fingerprint density at radius 3 is 2.58 bits per heavy atom. The Morgan fingerprint density at radius 2 is 1.89 bits per heavy atom. The second-order valence-corrected chi connectivity index (χ2v) is 9.75. The molecule has 2 aromatic carbocycles. The summed E-state index contributed by atoms with van der Waals surface area (Å²) in [4.78, 5) is 19.6. The maximum Gasteiger partial charge on any atom is 0.255 e. The molecule has 2 atom stereocenters. The van der Waals surface area contributed by atoms with Crippen molar-refractivity contribution in [2.75, 3.05) is 52.0 Å². The Labute approximate surface area is 231 Å². The van der Waals surface area contributed by atoms with Crippen LogP contribution in [0.3, 0.4) is 0 Å². The van der Waals surface area contributed by atoms with Crippen molar-refractivity contribution in [2.24, 2.45) is 0 Å². The Morgan fingerprint density at radius 1 is 1.11 bits per heavy atom. The first-order chi connectivity index (χ1) is 18.2. The lowest BCUT2D eigenvalue weighted by Crippen LogP contribution is -3.05. The molecule has 200 valence electrons. The molecule has 0 fully saturated rings.